The predicted octanol–water partition coefficient (Wildman–Crippen LogP) is 4.61. The van der Waals surface area contributed by atoms with Gasteiger partial charge >= 0.3 is 11.9 Å². The number of esters is 2. The zero-order chi connectivity index (χ0) is 33.1. The zero-order valence-electron chi connectivity index (χ0n) is 25.9. The monoisotopic (exact) mass is 646 g/mol. The SMILES string of the molecule is C=CCOC(=O)C1=C(C)N=c2s/c(=C\c3cn(-c4ccccc4)nc3-c3ccc(OC)cc3)c(=O)n2[C@H]1c1ccc(C(=O)OC)cc1. The van der Waals surface area contributed by atoms with Crippen LogP contribution < -0.4 is 19.6 Å². The summed E-state index contributed by atoms with van der Waals surface area (Å²) < 4.78 is 19.3. The molecular formula is C36H30N4O6S. The maximum absolute atomic E-state index is 14.3. The Morgan fingerprint density at radius 1 is 0.979 bits per heavy atom. The second kappa shape index (κ2) is 13.3. The van der Waals surface area contributed by atoms with Crippen LogP contribution in [-0.2, 0) is 14.3 Å². The summed E-state index contributed by atoms with van der Waals surface area (Å²) in [4.78, 5) is 44.9. The van der Waals surface area contributed by atoms with Crippen LogP contribution in [0.15, 0.2) is 119 Å². The van der Waals surface area contributed by atoms with Crippen molar-refractivity contribution >= 4 is 29.4 Å². The fraction of sp³-hybridized carbons (Fsp3) is 0.139. The van der Waals surface area contributed by atoms with Crippen LogP contribution in [0, 0.1) is 0 Å². The van der Waals surface area contributed by atoms with Gasteiger partial charge in [0.15, 0.2) is 4.80 Å². The van der Waals surface area contributed by atoms with E-state index in [0.717, 1.165) is 11.3 Å². The summed E-state index contributed by atoms with van der Waals surface area (Å²) in [6.07, 6.45) is 5.14. The normalized spacial score (nSPS) is 14.3. The molecule has 0 N–H and O–H groups in total. The van der Waals surface area contributed by atoms with E-state index in [4.69, 9.17) is 19.3 Å². The van der Waals surface area contributed by atoms with Gasteiger partial charge in [-0.05, 0) is 67.1 Å². The standard InChI is InChI=1S/C36H30N4O6S/c1-5-19-46-35(43)30-22(2)37-36-40(32(30)24-11-13-25(14-12-24)34(42)45-4)33(41)29(47-36)20-26-21-39(27-9-7-6-8-10-27)38-31(26)23-15-17-28(44-3)18-16-23/h5-18,20-21,32H,1,19H2,2-4H3/b29-20-/t32-/m0/s1. The molecule has 0 spiro atoms. The van der Waals surface area contributed by atoms with Gasteiger partial charge in [-0.2, -0.15) is 5.10 Å². The molecule has 1 aliphatic rings. The average molecular weight is 647 g/mol. The van der Waals surface area contributed by atoms with Crippen molar-refractivity contribution in [3.63, 3.8) is 0 Å². The highest BCUT2D eigenvalue weighted by Crippen LogP contribution is 2.31. The van der Waals surface area contributed by atoms with Gasteiger partial charge in [-0.25, -0.2) is 19.3 Å². The van der Waals surface area contributed by atoms with Crippen LogP contribution >= 0.6 is 11.3 Å². The van der Waals surface area contributed by atoms with E-state index < -0.39 is 18.0 Å². The van der Waals surface area contributed by atoms with Crippen molar-refractivity contribution in [2.75, 3.05) is 20.8 Å². The highest BCUT2D eigenvalue weighted by Gasteiger charge is 2.33. The Bertz CT molecular complexity index is 2190. The molecule has 1 atom stereocenters. The topological polar surface area (TPSA) is 114 Å². The Morgan fingerprint density at radius 2 is 1.70 bits per heavy atom. The van der Waals surface area contributed by atoms with Gasteiger partial charge in [0.2, 0.25) is 0 Å². The lowest BCUT2D eigenvalue weighted by Crippen LogP contribution is -2.40. The van der Waals surface area contributed by atoms with Crippen LogP contribution in [0.25, 0.3) is 23.0 Å². The van der Waals surface area contributed by atoms with Gasteiger partial charge in [0.25, 0.3) is 5.56 Å². The van der Waals surface area contributed by atoms with Crippen molar-refractivity contribution in [3.05, 3.63) is 145 Å². The van der Waals surface area contributed by atoms with E-state index in [0.29, 0.717) is 43.2 Å². The first-order valence-corrected chi connectivity index (χ1v) is 15.4. The third-order valence-electron chi connectivity index (χ3n) is 7.63. The zero-order valence-corrected chi connectivity index (χ0v) is 26.7. The molecule has 0 radical (unpaired) electrons. The Hall–Kier alpha value is -5.81. The summed E-state index contributed by atoms with van der Waals surface area (Å²) in [5.41, 5.74) is 4.31. The van der Waals surface area contributed by atoms with Crippen molar-refractivity contribution in [3.8, 4) is 22.7 Å². The maximum atomic E-state index is 14.3. The highest BCUT2D eigenvalue weighted by molar-refractivity contribution is 7.07. The third kappa shape index (κ3) is 6.08. The Morgan fingerprint density at radius 3 is 2.36 bits per heavy atom. The molecule has 2 aromatic heterocycles. The Kier molecular flexibility index (Phi) is 8.81. The van der Waals surface area contributed by atoms with Gasteiger partial charge < -0.3 is 14.2 Å². The number of carbonyl (C=O) groups excluding carboxylic acids is 2. The number of thiazole rings is 1. The second-order valence-corrected chi connectivity index (χ2v) is 11.5. The third-order valence-corrected chi connectivity index (χ3v) is 8.62. The number of methoxy groups -OCH3 is 2. The van der Waals surface area contributed by atoms with Crippen LogP contribution in [0.4, 0.5) is 0 Å². The summed E-state index contributed by atoms with van der Waals surface area (Å²) in [5.74, 6) is -0.404. The summed E-state index contributed by atoms with van der Waals surface area (Å²) in [5, 5.41) is 4.88. The largest absolute Gasteiger partial charge is 0.497 e. The molecule has 6 rings (SSSR count). The highest BCUT2D eigenvalue weighted by atomic mass is 32.1. The van der Waals surface area contributed by atoms with Crippen LogP contribution in [0.1, 0.15) is 34.5 Å². The molecule has 11 heteroatoms. The minimum atomic E-state index is -0.856. The van der Waals surface area contributed by atoms with Crippen LogP contribution in [-0.4, -0.2) is 47.1 Å². The van der Waals surface area contributed by atoms with Crippen LogP contribution in [0.5, 0.6) is 5.75 Å². The minimum Gasteiger partial charge on any atom is -0.497 e. The molecule has 0 fully saturated rings. The number of fused-ring (bicyclic) bond motifs is 1. The predicted molar refractivity (Wildman–Crippen MR) is 178 cm³/mol. The molecule has 0 saturated heterocycles. The first kappa shape index (κ1) is 31.2. The van der Waals surface area contributed by atoms with E-state index in [1.807, 2.05) is 60.8 Å². The van der Waals surface area contributed by atoms with E-state index in [-0.39, 0.29) is 17.7 Å². The number of benzene rings is 3. The number of para-hydroxylation sites is 1. The molecule has 236 valence electrons. The van der Waals surface area contributed by atoms with Crippen molar-refractivity contribution in [2.45, 2.75) is 13.0 Å². The number of hydrogen-bond donors (Lipinski definition) is 0. The molecule has 0 bridgehead atoms. The molecular weight excluding hydrogens is 616 g/mol. The van der Waals surface area contributed by atoms with Crippen LogP contribution in [0.3, 0.4) is 0 Å². The lowest BCUT2D eigenvalue weighted by molar-refractivity contribution is -0.138. The molecule has 0 saturated carbocycles. The number of carbonyl (C=O) groups is 2. The van der Waals surface area contributed by atoms with E-state index in [1.165, 1.54) is 29.1 Å². The quantitative estimate of drug-likeness (QED) is 0.170. The average Bonchev–Trinajstić information content (AvgIpc) is 3.67. The second-order valence-electron chi connectivity index (χ2n) is 10.5. The van der Waals surface area contributed by atoms with Gasteiger partial charge in [0, 0.05) is 17.3 Å². The molecule has 3 heterocycles. The fourth-order valence-corrected chi connectivity index (χ4v) is 6.39. The fourth-order valence-electron chi connectivity index (χ4n) is 5.35. The number of ether oxygens (including phenoxy) is 3. The number of allylic oxidation sites excluding steroid dienone is 1. The van der Waals surface area contributed by atoms with Gasteiger partial charge in [-0.1, -0.05) is 54.3 Å². The number of nitrogens with zero attached hydrogens (tertiary/aromatic N) is 4. The summed E-state index contributed by atoms with van der Waals surface area (Å²) >= 11 is 1.21. The molecule has 10 nitrogen and oxygen atoms in total. The first-order chi connectivity index (χ1) is 22.8. The van der Waals surface area contributed by atoms with E-state index in [9.17, 15) is 14.4 Å². The van der Waals surface area contributed by atoms with Gasteiger partial charge in [0.05, 0.1) is 47.3 Å². The van der Waals surface area contributed by atoms with Gasteiger partial charge in [-0.15, -0.1) is 0 Å². The first-order valence-electron chi connectivity index (χ1n) is 14.6. The number of hydrogen-bond acceptors (Lipinski definition) is 9. The summed E-state index contributed by atoms with van der Waals surface area (Å²) in [7, 11) is 2.91. The summed E-state index contributed by atoms with van der Waals surface area (Å²) in [6, 6.07) is 23.0. The van der Waals surface area contributed by atoms with Crippen molar-refractivity contribution in [1.29, 1.82) is 0 Å². The number of aromatic nitrogens is 3. The van der Waals surface area contributed by atoms with Crippen molar-refractivity contribution in [1.82, 2.24) is 14.3 Å². The molecule has 0 amide bonds. The summed E-state index contributed by atoms with van der Waals surface area (Å²) in [6.45, 7) is 5.33. The lowest BCUT2D eigenvalue weighted by Gasteiger charge is -2.24. The van der Waals surface area contributed by atoms with E-state index in [2.05, 4.69) is 11.6 Å². The molecule has 5 aromatic rings. The molecule has 47 heavy (non-hydrogen) atoms. The Balaban J connectivity index is 1.53. The lowest BCUT2D eigenvalue weighted by atomic mass is 9.95. The Labute approximate surface area is 273 Å². The number of rotatable bonds is 9. The van der Waals surface area contributed by atoms with E-state index in [1.54, 1.807) is 49.1 Å². The van der Waals surface area contributed by atoms with E-state index >= 15 is 0 Å². The molecule has 0 unspecified atom stereocenters. The van der Waals surface area contributed by atoms with Crippen molar-refractivity contribution in [2.24, 2.45) is 4.99 Å². The molecule has 1 aliphatic heterocycles. The van der Waals surface area contributed by atoms with Crippen molar-refractivity contribution < 1.29 is 23.8 Å². The van der Waals surface area contributed by atoms with Crippen LogP contribution in [0.2, 0.25) is 0 Å². The smallest absolute Gasteiger partial charge is 0.338 e. The maximum Gasteiger partial charge on any atom is 0.338 e. The van der Waals surface area contributed by atoms with Gasteiger partial charge in [-0.3, -0.25) is 9.36 Å². The molecule has 0 aliphatic carbocycles. The van der Waals surface area contributed by atoms with Gasteiger partial charge in [0.1, 0.15) is 18.1 Å². The molecule has 3 aromatic carbocycles. The minimum absolute atomic E-state index is 0.00638.